The summed E-state index contributed by atoms with van der Waals surface area (Å²) in [7, 11) is 0. The van der Waals surface area contributed by atoms with Crippen LogP contribution < -0.4 is 10.1 Å². The van der Waals surface area contributed by atoms with Crippen molar-refractivity contribution >= 4 is 17.8 Å². The summed E-state index contributed by atoms with van der Waals surface area (Å²) in [5, 5.41) is 6.07. The number of amides is 1. The summed E-state index contributed by atoms with van der Waals surface area (Å²) in [6.45, 7) is -3.19. The lowest BCUT2D eigenvalue weighted by Crippen LogP contribution is -2.16. The van der Waals surface area contributed by atoms with Gasteiger partial charge in [0.05, 0.1) is 6.26 Å². The third kappa shape index (κ3) is 5.23. The number of hydrogen-bond acceptors (Lipinski definition) is 5. The molecule has 8 heteroatoms. The molecule has 1 aromatic heterocycles. The van der Waals surface area contributed by atoms with Crippen LogP contribution in [0.2, 0.25) is 0 Å². The number of anilines is 1. The van der Waals surface area contributed by atoms with Crippen molar-refractivity contribution in [1.29, 1.82) is 0 Å². The molecule has 0 saturated heterocycles. The Morgan fingerprint density at radius 2 is 2.09 bits per heavy atom. The number of nitrogens with one attached hydrogen (secondary N) is 1. The highest BCUT2D eigenvalue weighted by molar-refractivity contribution is 5.91. The van der Waals surface area contributed by atoms with E-state index in [4.69, 9.17) is 9.25 Å². The number of carbonyl (C=O) groups excluding carboxylic acids is 1. The fraction of sp³-hybridized carbons (Fsp3) is 0.143. The smallest absolute Gasteiger partial charge is 0.387 e. The number of rotatable bonds is 7. The average molecular weight is 310 g/mol. The molecule has 0 radical (unpaired) electrons. The molecule has 2 aromatic rings. The van der Waals surface area contributed by atoms with Crippen molar-refractivity contribution in [1.82, 2.24) is 0 Å². The van der Waals surface area contributed by atoms with Crippen LogP contribution in [-0.2, 0) is 9.63 Å². The van der Waals surface area contributed by atoms with Gasteiger partial charge in [-0.25, -0.2) is 0 Å². The fourth-order valence-corrected chi connectivity index (χ4v) is 1.47. The Balaban J connectivity index is 1.74. The van der Waals surface area contributed by atoms with Gasteiger partial charge in [0.1, 0.15) is 17.7 Å². The molecule has 0 aliphatic carbocycles. The topological polar surface area (TPSA) is 73.1 Å². The molecule has 0 aliphatic rings. The van der Waals surface area contributed by atoms with Gasteiger partial charge in [0.25, 0.3) is 5.91 Å². The van der Waals surface area contributed by atoms with Crippen LogP contribution in [0.1, 0.15) is 5.76 Å². The van der Waals surface area contributed by atoms with Crippen LogP contribution in [-0.4, -0.2) is 25.3 Å². The maximum Gasteiger partial charge on any atom is 0.387 e. The maximum atomic E-state index is 12.0. The van der Waals surface area contributed by atoms with Gasteiger partial charge in [0.15, 0.2) is 6.61 Å². The third-order valence-electron chi connectivity index (χ3n) is 2.36. The lowest BCUT2D eigenvalue weighted by atomic mass is 10.3. The zero-order valence-electron chi connectivity index (χ0n) is 11.2. The van der Waals surface area contributed by atoms with Gasteiger partial charge in [-0.15, -0.1) is 0 Å². The van der Waals surface area contributed by atoms with Gasteiger partial charge >= 0.3 is 6.61 Å². The fourth-order valence-electron chi connectivity index (χ4n) is 1.47. The Kier molecular flexibility index (Phi) is 5.47. The number of ether oxygens (including phenoxy) is 1. The second-order valence-electron chi connectivity index (χ2n) is 3.97. The average Bonchev–Trinajstić information content (AvgIpc) is 2.98. The first-order valence-corrected chi connectivity index (χ1v) is 6.17. The molecule has 0 fully saturated rings. The van der Waals surface area contributed by atoms with E-state index in [1.54, 1.807) is 12.1 Å². The van der Waals surface area contributed by atoms with Crippen LogP contribution in [0.25, 0.3) is 0 Å². The van der Waals surface area contributed by atoms with Gasteiger partial charge in [-0.1, -0.05) is 5.16 Å². The SMILES string of the molecule is O=C(CON=Cc1ccco1)Nc1ccc(OC(F)F)cc1. The van der Waals surface area contributed by atoms with Crippen LogP contribution in [0, 0.1) is 0 Å². The summed E-state index contributed by atoms with van der Waals surface area (Å²) in [5.74, 6) is 0.0569. The molecule has 1 aromatic carbocycles. The van der Waals surface area contributed by atoms with Crippen LogP contribution in [0.5, 0.6) is 5.75 Å². The van der Waals surface area contributed by atoms with Gasteiger partial charge in [-0.2, -0.15) is 8.78 Å². The monoisotopic (exact) mass is 310 g/mol. The first-order valence-electron chi connectivity index (χ1n) is 6.17. The van der Waals surface area contributed by atoms with Gasteiger partial charge in [-0.05, 0) is 36.4 Å². The van der Waals surface area contributed by atoms with Crippen LogP contribution in [0.4, 0.5) is 14.5 Å². The summed E-state index contributed by atoms with van der Waals surface area (Å²) in [5.41, 5.74) is 0.422. The van der Waals surface area contributed by atoms with E-state index in [1.807, 2.05) is 0 Å². The minimum Gasteiger partial charge on any atom is -0.463 e. The van der Waals surface area contributed by atoms with Gasteiger partial charge in [0, 0.05) is 5.69 Å². The molecule has 116 valence electrons. The second-order valence-corrected chi connectivity index (χ2v) is 3.97. The van der Waals surface area contributed by atoms with E-state index in [0.717, 1.165) is 0 Å². The first kappa shape index (κ1) is 15.5. The predicted octanol–water partition coefficient (Wildman–Crippen LogP) is 2.87. The number of oxime groups is 1. The quantitative estimate of drug-likeness (QED) is 0.630. The van der Waals surface area contributed by atoms with E-state index in [2.05, 4.69) is 15.2 Å². The Bertz CT molecular complexity index is 612. The van der Waals surface area contributed by atoms with E-state index in [1.165, 1.54) is 36.7 Å². The number of hydrogen-bond donors (Lipinski definition) is 1. The molecule has 22 heavy (non-hydrogen) atoms. The lowest BCUT2D eigenvalue weighted by molar-refractivity contribution is -0.120. The van der Waals surface area contributed by atoms with Crippen molar-refractivity contribution < 1.29 is 27.6 Å². The zero-order valence-corrected chi connectivity index (χ0v) is 11.2. The molecule has 0 spiro atoms. The minimum absolute atomic E-state index is 0.00676. The highest BCUT2D eigenvalue weighted by atomic mass is 19.3. The minimum atomic E-state index is -2.89. The Labute approximate surface area is 124 Å². The maximum absolute atomic E-state index is 12.0. The summed E-state index contributed by atoms with van der Waals surface area (Å²) in [6, 6.07) is 8.87. The van der Waals surface area contributed by atoms with E-state index < -0.39 is 12.5 Å². The number of carbonyl (C=O) groups is 1. The number of nitrogens with zero attached hydrogens (tertiary/aromatic N) is 1. The molecule has 0 bridgehead atoms. The molecule has 0 unspecified atom stereocenters. The molecule has 0 aliphatic heterocycles. The predicted molar refractivity (Wildman–Crippen MR) is 74.0 cm³/mol. The largest absolute Gasteiger partial charge is 0.463 e. The number of alkyl halides is 2. The Morgan fingerprint density at radius 1 is 1.32 bits per heavy atom. The van der Waals surface area contributed by atoms with Crippen molar-refractivity contribution in [2.24, 2.45) is 5.16 Å². The molecule has 1 heterocycles. The van der Waals surface area contributed by atoms with E-state index in [-0.39, 0.29) is 12.4 Å². The van der Waals surface area contributed by atoms with Crippen LogP contribution >= 0.6 is 0 Å². The van der Waals surface area contributed by atoms with Gasteiger partial charge in [-0.3, -0.25) is 4.79 Å². The van der Waals surface area contributed by atoms with E-state index in [9.17, 15) is 13.6 Å². The molecular weight excluding hydrogens is 298 g/mol. The van der Waals surface area contributed by atoms with Crippen LogP contribution in [0.3, 0.4) is 0 Å². The standard InChI is InChI=1S/C14H12F2N2O4/c15-14(16)22-11-5-3-10(4-6-11)18-13(19)9-21-17-8-12-2-1-7-20-12/h1-8,14H,9H2,(H,18,19). The van der Waals surface area contributed by atoms with Gasteiger partial charge in [0.2, 0.25) is 0 Å². The summed E-state index contributed by atoms with van der Waals surface area (Å²) in [6.07, 6.45) is 2.80. The summed E-state index contributed by atoms with van der Waals surface area (Å²) >= 11 is 0. The molecule has 0 saturated carbocycles. The molecule has 6 nitrogen and oxygen atoms in total. The molecular formula is C14H12F2N2O4. The lowest BCUT2D eigenvalue weighted by Gasteiger charge is -2.07. The second kappa shape index (κ2) is 7.77. The van der Waals surface area contributed by atoms with E-state index in [0.29, 0.717) is 11.4 Å². The van der Waals surface area contributed by atoms with E-state index >= 15 is 0 Å². The van der Waals surface area contributed by atoms with Crippen molar-refractivity contribution in [2.45, 2.75) is 6.61 Å². The molecule has 0 atom stereocenters. The summed E-state index contributed by atoms with van der Waals surface area (Å²) < 4.78 is 33.1. The molecule has 1 amide bonds. The number of furan rings is 1. The van der Waals surface area contributed by atoms with Crippen molar-refractivity contribution in [3.8, 4) is 5.75 Å². The van der Waals surface area contributed by atoms with Gasteiger partial charge < -0.3 is 19.3 Å². The Hall–Kier alpha value is -2.90. The van der Waals surface area contributed by atoms with Crippen molar-refractivity contribution in [2.75, 3.05) is 11.9 Å². The highest BCUT2D eigenvalue weighted by Crippen LogP contribution is 2.17. The normalized spacial score (nSPS) is 10.9. The Morgan fingerprint density at radius 3 is 2.73 bits per heavy atom. The summed E-state index contributed by atoms with van der Waals surface area (Å²) in [4.78, 5) is 16.3. The van der Waals surface area contributed by atoms with Crippen LogP contribution in [0.15, 0.2) is 52.2 Å². The molecule has 2 rings (SSSR count). The highest BCUT2D eigenvalue weighted by Gasteiger charge is 2.05. The number of halogens is 2. The zero-order chi connectivity index (χ0) is 15.8. The number of benzene rings is 1. The van der Waals surface area contributed by atoms with Crippen molar-refractivity contribution in [3.63, 3.8) is 0 Å². The third-order valence-corrected chi connectivity index (χ3v) is 2.36. The first-order chi connectivity index (χ1) is 10.6. The van der Waals surface area contributed by atoms with Crippen molar-refractivity contribution in [3.05, 3.63) is 48.4 Å². The molecule has 1 N–H and O–H groups in total.